The fourth-order valence-corrected chi connectivity index (χ4v) is 4.31. The van der Waals surface area contributed by atoms with Crippen LogP contribution in [0.25, 0.3) is 0 Å². The second kappa shape index (κ2) is 11.8. The number of carbonyl (C=O) groups excluding carboxylic acids is 2. The van der Waals surface area contributed by atoms with Crippen molar-refractivity contribution in [2.45, 2.75) is 51.6 Å². The molecule has 0 aliphatic heterocycles. The molecule has 1 fully saturated rings. The summed E-state index contributed by atoms with van der Waals surface area (Å²) in [5.74, 6) is 0.930. The van der Waals surface area contributed by atoms with Crippen molar-refractivity contribution in [3.63, 3.8) is 0 Å². The number of primary amides is 1. The zero-order chi connectivity index (χ0) is 23.8. The van der Waals surface area contributed by atoms with Crippen LogP contribution in [-0.4, -0.2) is 43.1 Å². The number of amides is 2. The number of ether oxygens (including phenoxy) is 3. The molecule has 0 radical (unpaired) electrons. The van der Waals surface area contributed by atoms with Crippen molar-refractivity contribution in [3.8, 4) is 17.2 Å². The van der Waals surface area contributed by atoms with Gasteiger partial charge in [-0.1, -0.05) is 36.9 Å². The van der Waals surface area contributed by atoms with Crippen LogP contribution in [-0.2, 0) is 16.1 Å². The smallest absolute Gasteiger partial charge is 0.261 e. The molecular formula is C25H31ClN2O5. The topological polar surface area (TPSA) is 91.1 Å². The predicted molar refractivity (Wildman–Crippen MR) is 127 cm³/mol. The van der Waals surface area contributed by atoms with E-state index in [9.17, 15) is 9.59 Å². The number of aryl methyl sites for hydroxylation is 1. The lowest BCUT2D eigenvalue weighted by molar-refractivity contribution is -0.137. The summed E-state index contributed by atoms with van der Waals surface area (Å²) in [7, 11) is 1.53. The van der Waals surface area contributed by atoms with Crippen LogP contribution >= 0.6 is 11.6 Å². The molecule has 33 heavy (non-hydrogen) atoms. The molecule has 2 amide bonds. The zero-order valence-corrected chi connectivity index (χ0v) is 19.9. The van der Waals surface area contributed by atoms with Gasteiger partial charge in [-0.3, -0.25) is 9.59 Å². The third-order valence-electron chi connectivity index (χ3n) is 5.77. The minimum Gasteiger partial charge on any atom is -0.493 e. The van der Waals surface area contributed by atoms with Crippen LogP contribution < -0.4 is 19.9 Å². The van der Waals surface area contributed by atoms with E-state index in [2.05, 4.69) is 0 Å². The number of hydrogen-bond donors (Lipinski definition) is 1. The molecule has 178 valence electrons. The average molecular weight is 475 g/mol. The lowest BCUT2D eigenvalue weighted by Gasteiger charge is -2.34. The zero-order valence-electron chi connectivity index (χ0n) is 19.1. The van der Waals surface area contributed by atoms with Crippen molar-refractivity contribution in [1.82, 2.24) is 4.90 Å². The van der Waals surface area contributed by atoms with Crippen LogP contribution in [0.15, 0.2) is 36.4 Å². The van der Waals surface area contributed by atoms with E-state index in [0.29, 0.717) is 28.8 Å². The first-order chi connectivity index (χ1) is 15.9. The number of benzene rings is 2. The number of carbonyl (C=O) groups is 2. The highest BCUT2D eigenvalue weighted by atomic mass is 35.5. The monoisotopic (exact) mass is 474 g/mol. The summed E-state index contributed by atoms with van der Waals surface area (Å²) in [6.45, 7) is 2.05. The Kier molecular flexibility index (Phi) is 8.83. The summed E-state index contributed by atoms with van der Waals surface area (Å²) in [4.78, 5) is 26.2. The lowest BCUT2D eigenvalue weighted by atomic mass is 9.93. The van der Waals surface area contributed by atoms with Crippen LogP contribution in [0.4, 0.5) is 0 Å². The normalized spacial score (nSPS) is 13.9. The van der Waals surface area contributed by atoms with Gasteiger partial charge in [0.2, 0.25) is 0 Å². The van der Waals surface area contributed by atoms with Gasteiger partial charge < -0.3 is 24.8 Å². The number of nitrogens with two attached hydrogens (primary N) is 1. The van der Waals surface area contributed by atoms with E-state index < -0.39 is 5.91 Å². The molecule has 0 bridgehead atoms. The van der Waals surface area contributed by atoms with Gasteiger partial charge in [0.15, 0.2) is 24.7 Å². The summed E-state index contributed by atoms with van der Waals surface area (Å²) in [6, 6.07) is 10.9. The van der Waals surface area contributed by atoms with Gasteiger partial charge in [0.25, 0.3) is 11.8 Å². The molecular weight excluding hydrogens is 444 g/mol. The van der Waals surface area contributed by atoms with Crippen LogP contribution in [0.2, 0.25) is 5.02 Å². The van der Waals surface area contributed by atoms with E-state index in [1.165, 1.54) is 13.5 Å². The molecule has 2 aromatic rings. The summed E-state index contributed by atoms with van der Waals surface area (Å²) >= 11 is 6.02. The van der Waals surface area contributed by atoms with Crippen LogP contribution in [0.5, 0.6) is 17.2 Å². The molecule has 2 N–H and O–H groups in total. The molecule has 0 aromatic heterocycles. The first kappa shape index (κ1) is 24.7. The molecule has 1 saturated carbocycles. The Morgan fingerprint density at radius 1 is 1.00 bits per heavy atom. The molecule has 8 heteroatoms. The van der Waals surface area contributed by atoms with Gasteiger partial charge in [0.1, 0.15) is 5.75 Å². The highest BCUT2D eigenvalue weighted by Crippen LogP contribution is 2.30. The maximum absolute atomic E-state index is 13.3. The van der Waals surface area contributed by atoms with E-state index in [1.807, 2.05) is 30.0 Å². The molecule has 3 rings (SSSR count). The average Bonchev–Trinajstić information content (AvgIpc) is 2.81. The Morgan fingerprint density at radius 2 is 1.70 bits per heavy atom. The minimum absolute atomic E-state index is 0.0457. The van der Waals surface area contributed by atoms with Gasteiger partial charge in [-0.25, -0.2) is 0 Å². The van der Waals surface area contributed by atoms with Crippen molar-refractivity contribution in [3.05, 3.63) is 52.5 Å². The number of halogens is 1. The van der Waals surface area contributed by atoms with Gasteiger partial charge in [-0.2, -0.15) is 0 Å². The molecule has 2 aromatic carbocycles. The third-order valence-corrected chi connectivity index (χ3v) is 6.01. The summed E-state index contributed by atoms with van der Waals surface area (Å²) < 4.78 is 16.7. The van der Waals surface area contributed by atoms with Gasteiger partial charge in [0.05, 0.1) is 7.11 Å². The third kappa shape index (κ3) is 7.02. The molecule has 1 aliphatic carbocycles. The largest absolute Gasteiger partial charge is 0.493 e. The second-order valence-corrected chi connectivity index (χ2v) is 8.69. The van der Waals surface area contributed by atoms with E-state index in [-0.39, 0.29) is 25.2 Å². The van der Waals surface area contributed by atoms with Gasteiger partial charge in [0, 0.05) is 17.6 Å². The summed E-state index contributed by atoms with van der Waals surface area (Å²) in [5.41, 5.74) is 6.95. The highest BCUT2D eigenvalue weighted by Gasteiger charge is 2.26. The summed E-state index contributed by atoms with van der Waals surface area (Å²) in [5, 5.41) is 0.632. The SMILES string of the molecule is COc1cc(CN(C(=O)COc2ccc(Cl)cc2C)C2CCCCC2)ccc1OCC(N)=O. The first-order valence-electron chi connectivity index (χ1n) is 11.1. The van der Waals surface area contributed by atoms with E-state index >= 15 is 0 Å². The minimum atomic E-state index is -0.564. The Balaban J connectivity index is 1.74. The van der Waals surface area contributed by atoms with Gasteiger partial charge in [-0.05, 0) is 61.2 Å². The van der Waals surface area contributed by atoms with Gasteiger partial charge in [-0.15, -0.1) is 0 Å². The fourth-order valence-electron chi connectivity index (χ4n) is 4.09. The highest BCUT2D eigenvalue weighted by molar-refractivity contribution is 6.30. The fraction of sp³-hybridized carbons (Fsp3) is 0.440. The second-order valence-electron chi connectivity index (χ2n) is 8.25. The van der Waals surface area contributed by atoms with Gasteiger partial charge >= 0.3 is 0 Å². The number of hydrogen-bond acceptors (Lipinski definition) is 5. The number of methoxy groups -OCH3 is 1. The van der Waals surface area contributed by atoms with E-state index in [4.69, 9.17) is 31.5 Å². The van der Waals surface area contributed by atoms with Crippen molar-refractivity contribution >= 4 is 23.4 Å². The maximum atomic E-state index is 13.3. The lowest BCUT2D eigenvalue weighted by Crippen LogP contribution is -2.43. The molecule has 0 heterocycles. The van der Waals surface area contributed by atoms with Crippen LogP contribution in [0.1, 0.15) is 43.2 Å². The molecule has 1 aliphatic rings. The standard InChI is InChI=1S/C25H31ClN2O5/c1-17-12-19(26)9-11-21(17)33-16-25(30)28(20-6-4-3-5-7-20)14-18-8-10-22(23(13-18)31-2)32-15-24(27)29/h8-13,20H,3-7,14-16H2,1-2H3,(H2,27,29). The van der Waals surface area contributed by atoms with E-state index in [0.717, 1.165) is 36.8 Å². The van der Waals surface area contributed by atoms with Crippen molar-refractivity contribution in [2.24, 2.45) is 5.73 Å². The van der Waals surface area contributed by atoms with Crippen LogP contribution in [0, 0.1) is 6.92 Å². The Morgan fingerprint density at radius 3 is 2.36 bits per heavy atom. The molecule has 0 saturated heterocycles. The Labute approximate surface area is 199 Å². The molecule has 0 unspecified atom stereocenters. The molecule has 0 atom stereocenters. The molecule has 0 spiro atoms. The quantitative estimate of drug-likeness (QED) is 0.555. The maximum Gasteiger partial charge on any atom is 0.261 e. The van der Waals surface area contributed by atoms with Crippen molar-refractivity contribution < 1.29 is 23.8 Å². The van der Waals surface area contributed by atoms with Crippen LogP contribution in [0.3, 0.4) is 0 Å². The number of nitrogens with zero attached hydrogens (tertiary/aromatic N) is 1. The summed E-state index contributed by atoms with van der Waals surface area (Å²) in [6.07, 6.45) is 5.35. The van der Waals surface area contributed by atoms with E-state index in [1.54, 1.807) is 18.2 Å². The Bertz CT molecular complexity index is 975. The molecule has 7 nitrogen and oxygen atoms in total. The first-order valence-corrected chi connectivity index (χ1v) is 11.5. The number of rotatable bonds is 10. The van der Waals surface area contributed by atoms with Crippen molar-refractivity contribution in [1.29, 1.82) is 0 Å². The Hall–Kier alpha value is -2.93. The predicted octanol–water partition coefficient (Wildman–Crippen LogP) is 4.26. The van der Waals surface area contributed by atoms with Crippen molar-refractivity contribution in [2.75, 3.05) is 20.3 Å².